The minimum absolute atomic E-state index is 0.0123. The molecule has 2 N–H and O–H groups in total. The van der Waals surface area contributed by atoms with Gasteiger partial charge in [-0.15, -0.1) is 4.40 Å². The predicted octanol–water partition coefficient (Wildman–Crippen LogP) is 3.63. The Morgan fingerprint density at radius 1 is 0.815 bits per heavy atom. The van der Waals surface area contributed by atoms with Crippen LogP contribution in [-0.2, 0) is 10.0 Å². The fourth-order valence-electron chi connectivity index (χ4n) is 2.42. The number of nitrogens with zero attached hydrogens (tertiary/aromatic N) is 1. The first-order valence-corrected chi connectivity index (χ1v) is 9.46. The molecule has 27 heavy (non-hydrogen) atoms. The van der Waals surface area contributed by atoms with Gasteiger partial charge in [0.15, 0.2) is 5.84 Å². The highest BCUT2D eigenvalue weighted by Crippen LogP contribution is 2.19. The summed E-state index contributed by atoms with van der Waals surface area (Å²) in [6.07, 6.45) is 0. The van der Waals surface area contributed by atoms with E-state index in [1.807, 2.05) is 0 Å². The number of sulfonamides is 1. The third-order valence-electron chi connectivity index (χ3n) is 3.71. The van der Waals surface area contributed by atoms with Crippen molar-refractivity contribution in [2.24, 2.45) is 4.40 Å². The van der Waals surface area contributed by atoms with Crippen LogP contribution < -0.4 is 5.32 Å². The zero-order chi connectivity index (χ0) is 19.3. The zero-order valence-corrected chi connectivity index (χ0v) is 14.9. The van der Waals surface area contributed by atoms with Gasteiger partial charge in [0, 0.05) is 5.56 Å². The molecule has 0 aromatic heterocycles. The van der Waals surface area contributed by atoms with Crippen LogP contribution in [0.4, 0.5) is 5.69 Å². The average molecular weight is 380 g/mol. The summed E-state index contributed by atoms with van der Waals surface area (Å²) < 4.78 is 29.3. The van der Waals surface area contributed by atoms with E-state index in [1.54, 1.807) is 66.7 Å². The maximum Gasteiger partial charge on any atom is 0.337 e. The molecular weight excluding hydrogens is 364 g/mol. The van der Waals surface area contributed by atoms with Gasteiger partial charge < -0.3 is 10.4 Å². The van der Waals surface area contributed by atoms with Gasteiger partial charge >= 0.3 is 5.97 Å². The number of amidine groups is 1. The summed E-state index contributed by atoms with van der Waals surface area (Å²) in [5.74, 6) is -1.09. The highest BCUT2D eigenvalue weighted by Gasteiger charge is 2.17. The van der Waals surface area contributed by atoms with E-state index in [4.69, 9.17) is 0 Å². The molecule has 0 saturated carbocycles. The number of carboxylic acids is 1. The van der Waals surface area contributed by atoms with Crippen molar-refractivity contribution in [1.82, 2.24) is 0 Å². The third-order valence-corrected chi connectivity index (χ3v) is 5.00. The number of hydrogen-bond acceptors (Lipinski definition) is 3. The van der Waals surface area contributed by atoms with Crippen LogP contribution in [0.1, 0.15) is 15.9 Å². The molecule has 0 aliphatic heterocycles. The Bertz CT molecular complexity index is 1080. The maximum atomic E-state index is 12.7. The number of aromatic carboxylic acids is 1. The first-order valence-electron chi connectivity index (χ1n) is 8.02. The Morgan fingerprint density at radius 3 is 2.00 bits per heavy atom. The van der Waals surface area contributed by atoms with Crippen molar-refractivity contribution < 1.29 is 18.3 Å². The normalized spacial score (nSPS) is 11.8. The van der Waals surface area contributed by atoms with E-state index in [2.05, 4.69) is 9.71 Å². The molecule has 0 aliphatic carbocycles. The summed E-state index contributed by atoms with van der Waals surface area (Å²) in [6, 6.07) is 22.7. The molecule has 6 nitrogen and oxygen atoms in total. The van der Waals surface area contributed by atoms with Gasteiger partial charge in [0.2, 0.25) is 0 Å². The SMILES string of the molecule is O=C(O)c1ccccc1NC(=NS(=O)(=O)c1ccccc1)c1ccccc1. The van der Waals surface area contributed by atoms with Crippen molar-refractivity contribution in [2.45, 2.75) is 4.90 Å². The predicted molar refractivity (Wildman–Crippen MR) is 104 cm³/mol. The summed E-state index contributed by atoms with van der Waals surface area (Å²) in [6.45, 7) is 0. The Balaban J connectivity index is 2.10. The van der Waals surface area contributed by atoms with Gasteiger partial charge in [-0.05, 0) is 24.3 Å². The molecular formula is C20H16N2O4S. The number of nitrogens with one attached hydrogen (secondary N) is 1. The van der Waals surface area contributed by atoms with Crippen LogP contribution in [0.2, 0.25) is 0 Å². The van der Waals surface area contributed by atoms with E-state index in [9.17, 15) is 18.3 Å². The first-order chi connectivity index (χ1) is 13.0. The zero-order valence-electron chi connectivity index (χ0n) is 14.1. The summed E-state index contributed by atoms with van der Waals surface area (Å²) in [5.41, 5.74) is 0.770. The standard InChI is InChI=1S/C20H16N2O4S/c23-20(24)17-13-7-8-14-18(17)21-19(15-9-3-1-4-10-15)22-27(25,26)16-11-5-2-6-12-16/h1-14H,(H,21,22)(H,23,24). The molecule has 3 aromatic rings. The fourth-order valence-corrected chi connectivity index (χ4v) is 3.41. The molecule has 0 amide bonds. The maximum absolute atomic E-state index is 12.7. The molecule has 0 atom stereocenters. The van der Waals surface area contributed by atoms with E-state index in [0.717, 1.165) is 0 Å². The van der Waals surface area contributed by atoms with Gasteiger partial charge in [0.05, 0.1) is 16.1 Å². The van der Waals surface area contributed by atoms with E-state index in [-0.39, 0.29) is 22.0 Å². The van der Waals surface area contributed by atoms with Crippen molar-refractivity contribution in [2.75, 3.05) is 5.32 Å². The van der Waals surface area contributed by atoms with E-state index < -0.39 is 16.0 Å². The second-order valence-electron chi connectivity index (χ2n) is 5.57. The van der Waals surface area contributed by atoms with Crippen LogP contribution in [0.3, 0.4) is 0 Å². The Labute approximate surface area is 156 Å². The number of benzene rings is 3. The van der Waals surface area contributed by atoms with Gasteiger partial charge in [0.25, 0.3) is 10.0 Å². The monoisotopic (exact) mass is 380 g/mol. The largest absolute Gasteiger partial charge is 0.478 e. The van der Waals surface area contributed by atoms with Crippen molar-refractivity contribution in [1.29, 1.82) is 0 Å². The average Bonchev–Trinajstić information content (AvgIpc) is 2.69. The van der Waals surface area contributed by atoms with E-state index in [0.29, 0.717) is 5.56 Å². The number of rotatable bonds is 5. The number of para-hydroxylation sites is 1. The molecule has 0 aliphatic rings. The Kier molecular flexibility index (Phi) is 5.33. The van der Waals surface area contributed by atoms with Crippen molar-refractivity contribution in [3.8, 4) is 0 Å². The van der Waals surface area contributed by atoms with Crippen LogP contribution in [0.25, 0.3) is 0 Å². The molecule has 7 heteroatoms. The van der Waals surface area contributed by atoms with Crippen molar-refractivity contribution in [3.05, 3.63) is 96.1 Å². The third kappa shape index (κ3) is 4.39. The lowest BCUT2D eigenvalue weighted by molar-refractivity contribution is 0.0698. The molecule has 0 heterocycles. The van der Waals surface area contributed by atoms with Gasteiger partial charge in [-0.1, -0.05) is 60.7 Å². The Hall–Kier alpha value is -3.45. The molecule has 3 aromatic carbocycles. The lowest BCUT2D eigenvalue weighted by Crippen LogP contribution is -2.18. The van der Waals surface area contributed by atoms with Gasteiger partial charge in [-0.2, -0.15) is 8.42 Å². The van der Waals surface area contributed by atoms with Crippen LogP contribution >= 0.6 is 0 Å². The number of carboxylic acid groups (broad SMARTS) is 1. The van der Waals surface area contributed by atoms with Crippen LogP contribution in [0.5, 0.6) is 0 Å². The highest BCUT2D eigenvalue weighted by molar-refractivity contribution is 7.90. The fraction of sp³-hybridized carbons (Fsp3) is 0. The van der Waals surface area contributed by atoms with Gasteiger partial charge in [-0.25, -0.2) is 4.79 Å². The Morgan fingerprint density at radius 2 is 1.37 bits per heavy atom. The second-order valence-corrected chi connectivity index (χ2v) is 7.17. The molecule has 0 spiro atoms. The number of carbonyl (C=O) groups is 1. The quantitative estimate of drug-likeness (QED) is 0.520. The van der Waals surface area contributed by atoms with Crippen LogP contribution in [0, 0.1) is 0 Å². The minimum atomic E-state index is -3.98. The number of anilines is 1. The lowest BCUT2D eigenvalue weighted by Gasteiger charge is -2.12. The molecule has 0 saturated heterocycles. The van der Waals surface area contributed by atoms with Crippen LogP contribution in [0.15, 0.2) is 94.2 Å². The molecule has 0 fully saturated rings. The summed E-state index contributed by atoms with van der Waals surface area (Å²) >= 11 is 0. The van der Waals surface area contributed by atoms with E-state index >= 15 is 0 Å². The first kappa shape index (κ1) is 18.3. The molecule has 3 rings (SSSR count). The van der Waals surface area contributed by atoms with Gasteiger partial charge in [0.1, 0.15) is 0 Å². The second kappa shape index (κ2) is 7.84. The van der Waals surface area contributed by atoms with Crippen LogP contribution in [-0.4, -0.2) is 25.3 Å². The minimum Gasteiger partial charge on any atom is -0.478 e. The van der Waals surface area contributed by atoms with Gasteiger partial charge in [-0.3, -0.25) is 0 Å². The molecule has 0 unspecified atom stereocenters. The molecule has 0 radical (unpaired) electrons. The molecule has 0 bridgehead atoms. The van der Waals surface area contributed by atoms with Crippen molar-refractivity contribution in [3.63, 3.8) is 0 Å². The summed E-state index contributed by atoms with van der Waals surface area (Å²) in [7, 11) is -3.98. The summed E-state index contributed by atoms with van der Waals surface area (Å²) in [5, 5.41) is 12.2. The highest BCUT2D eigenvalue weighted by atomic mass is 32.2. The van der Waals surface area contributed by atoms with E-state index in [1.165, 1.54) is 18.2 Å². The summed E-state index contributed by atoms with van der Waals surface area (Å²) in [4.78, 5) is 11.5. The molecule has 136 valence electrons. The van der Waals surface area contributed by atoms with Crippen molar-refractivity contribution >= 4 is 27.5 Å². The smallest absolute Gasteiger partial charge is 0.337 e. The topological polar surface area (TPSA) is 95.8 Å². The number of hydrogen-bond donors (Lipinski definition) is 2. The lowest BCUT2D eigenvalue weighted by atomic mass is 10.1.